The summed E-state index contributed by atoms with van der Waals surface area (Å²) in [4.78, 5) is 32.6. The van der Waals surface area contributed by atoms with E-state index in [0.717, 1.165) is 63.8 Å². The number of fused-ring (bicyclic) bond motifs is 2. The number of hydrogen-bond acceptors (Lipinski definition) is 7. The topological polar surface area (TPSA) is 47.3 Å². The van der Waals surface area contributed by atoms with E-state index in [4.69, 9.17) is 4.42 Å². The van der Waals surface area contributed by atoms with Crippen LogP contribution in [0.4, 0.5) is 0 Å². The average molecular weight is 583 g/mol. The van der Waals surface area contributed by atoms with Crippen molar-refractivity contribution >= 4 is 67.6 Å². The van der Waals surface area contributed by atoms with Gasteiger partial charge in [0.25, 0.3) is 0 Å². The maximum atomic E-state index is 13.2. The van der Waals surface area contributed by atoms with Gasteiger partial charge in [-0.3, -0.25) is 9.59 Å². The van der Waals surface area contributed by atoms with Crippen molar-refractivity contribution in [3.8, 4) is 31.7 Å². The highest BCUT2D eigenvalue weighted by molar-refractivity contribution is 8.16. The van der Waals surface area contributed by atoms with E-state index in [1.807, 2.05) is 31.2 Å². The third kappa shape index (κ3) is 4.02. The Labute approximate surface area is 243 Å². The number of thiophene rings is 2. The monoisotopic (exact) mass is 582 g/mol. The Morgan fingerprint density at radius 3 is 1.79 bits per heavy atom. The Hall–Kier alpha value is -3.10. The molecule has 0 spiro atoms. The maximum absolute atomic E-state index is 13.2. The Bertz CT molecular complexity index is 1900. The van der Waals surface area contributed by atoms with Crippen LogP contribution in [-0.2, 0) is 9.59 Å². The Morgan fingerprint density at radius 2 is 1.15 bits per heavy atom. The van der Waals surface area contributed by atoms with Gasteiger partial charge in [-0.15, -0.1) is 22.7 Å². The smallest absolute Gasteiger partial charge is 0.225 e. The van der Waals surface area contributed by atoms with E-state index in [0.29, 0.717) is 11.1 Å². The van der Waals surface area contributed by atoms with Gasteiger partial charge in [-0.05, 0) is 110 Å². The molecule has 0 saturated carbocycles. The van der Waals surface area contributed by atoms with Crippen molar-refractivity contribution in [1.29, 1.82) is 0 Å². The van der Waals surface area contributed by atoms with Gasteiger partial charge in [0.05, 0.1) is 9.75 Å². The highest BCUT2D eigenvalue weighted by atomic mass is 32.2. The third-order valence-electron chi connectivity index (χ3n) is 7.25. The lowest BCUT2D eigenvalue weighted by Crippen LogP contribution is -1.99. The zero-order valence-corrected chi connectivity index (χ0v) is 24.9. The SMILES string of the molecule is Cc1ccc2c(c1)SC(=O)/C2=C1/C(=O)Sc2cc(-c3ccc(-c4oc(-c5ccc(C)s5)c(C)c4C)s3)ccc21. The van der Waals surface area contributed by atoms with Crippen LogP contribution in [0.2, 0.25) is 0 Å². The lowest BCUT2D eigenvalue weighted by atomic mass is 9.95. The van der Waals surface area contributed by atoms with E-state index in [2.05, 4.69) is 57.2 Å². The fourth-order valence-electron chi connectivity index (χ4n) is 5.12. The van der Waals surface area contributed by atoms with Crippen LogP contribution in [0.3, 0.4) is 0 Å². The van der Waals surface area contributed by atoms with E-state index >= 15 is 0 Å². The quantitative estimate of drug-likeness (QED) is 0.198. The fourth-order valence-corrected chi connectivity index (χ4v) is 9.09. The molecule has 2 aromatic carbocycles. The molecule has 2 aliphatic rings. The number of hydrogen-bond donors (Lipinski definition) is 0. The van der Waals surface area contributed by atoms with Crippen LogP contribution in [0.1, 0.15) is 32.7 Å². The van der Waals surface area contributed by atoms with Gasteiger partial charge < -0.3 is 4.42 Å². The summed E-state index contributed by atoms with van der Waals surface area (Å²) >= 11 is 5.86. The van der Waals surface area contributed by atoms with Crippen molar-refractivity contribution in [2.45, 2.75) is 37.5 Å². The second-order valence-electron chi connectivity index (χ2n) is 9.82. The first-order valence-electron chi connectivity index (χ1n) is 12.5. The summed E-state index contributed by atoms with van der Waals surface area (Å²) < 4.78 is 6.42. The minimum absolute atomic E-state index is 0.0550. The van der Waals surface area contributed by atoms with E-state index < -0.39 is 0 Å². The summed E-state index contributed by atoms with van der Waals surface area (Å²) in [6.45, 7) is 8.36. The van der Waals surface area contributed by atoms with Gasteiger partial charge in [0, 0.05) is 41.8 Å². The molecule has 2 aliphatic heterocycles. The van der Waals surface area contributed by atoms with E-state index in [-0.39, 0.29) is 10.2 Å². The number of rotatable bonds is 3. The molecule has 0 N–H and O–H groups in total. The van der Waals surface area contributed by atoms with Crippen LogP contribution in [0.25, 0.3) is 42.9 Å². The summed E-state index contributed by atoms with van der Waals surface area (Å²) in [6.07, 6.45) is 0. The molecule has 7 rings (SSSR count). The third-order valence-corrected chi connectivity index (χ3v) is 11.3. The fraction of sp³-hybridized carbons (Fsp3) is 0.125. The molecular weight excluding hydrogens is 561 g/mol. The van der Waals surface area contributed by atoms with Gasteiger partial charge in [-0.2, -0.15) is 0 Å². The number of carbonyl (C=O) groups excluding carboxylic acids is 2. The minimum Gasteiger partial charge on any atom is -0.454 e. The molecule has 0 amide bonds. The molecule has 3 nitrogen and oxygen atoms in total. The highest BCUT2D eigenvalue weighted by Crippen LogP contribution is 2.51. The average Bonchev–Trinajstić information content (AvgIpc) is 3.71. The molecule has 5 heterocycles. The molecule has 0 unspecified atom stereocenters. The second-order valence-corrected chi connectivity index (χ2v) is 14.2. The summed E-state index contributed by atoms with van der Waals surface area (Å²) in [6, 6.07) is 20.6. The van der Waals surface area contributed by atoms with Crippen molar-refractivity contribution in [3.63, 3.8) is 0 Å². The largest absolute Gasteiger partial charge is 0.454 e. The van der Waals surface area contributed by atoms with Crippen molar-refractivity contribution in [3.05, 3.63) is 93.4 Å². The van der Waals surface area contributed by atoms with Gasteiger partial charge in [0.1, 0.15) is 11.5 Å². The first kappa shape index (κ1) is 24.9. The van der Waals surface area contributed by atoms with Gasteiger partial charge >= 0.3 is 0 Å². The molecule has 5 aromatic rings. The van der Waals surface area contributed by atoms with Gasteiger partial charge in [-0.25, -0.2) is 0 Å². The maximum Gasteiger partial charge on any atom is 0.225 e. The molecule has 0 bridgehead atoms. The molecule has 3 aromatic heterocycles. The van der Waals surface area contributed by atoms with Crippen LogP contribution in [-0.4, -0.2) is 10.2 Å². The molecule has 7 heteroatoms. The van der Waals surface area contributed by atoms with Crippen LogP contribution >= 0.6 is 46.2 Å². The van der Waals surface area contributed by atoms with E-state index in [9.17, 15) is 9.59 Å². The lowest BCUT2D eigenvalue weighted by molar-refractivity contribution is -0.107. The Kier molecular flexibility index (Phi) is 5.90. The summed E-state index contributed by atoms with van der Waals surface area (Å²) in [5.41, 5.74) is 7.26. The number of thioether (sulfide) groups is 2. The Balaban J connectivity index is 1.25. The first-order chi connectivity index (χ1) is 18.8. The van der Waals surface area contributed by atoms with Crippen LogP contribution in [0.5, 0.6) is 0 Å². The number of aryl methyl sites for hydroxylation is 2. The number of benzene rings is 2. The standard InChI is InChI=1S/C32H22O3S4/c1-15-5-8-20-25(13-15)38-31(33)27(20)28-21-9-7-19(14-26(21)39-32(28)34)22-11-12-24(37-22)30-18(4)17(3)29(35-30)23-10-6-16(2)36-23/h5-14H,1-4H3/b28-27+. The van der Waals surface area contributed by atoms with E-state index in [1.54, 1.807) is 22.7 Å². The zero-order chi connectivity index (χ0) is 27.0. The highest BCUT2D eigenvalue weighted by Gasteiger charge is 2.36. The molecule has 39 heavy (non-hydrogen) atoms. The van der Waals surface area contributed by atoms with Crippen molar-refractivity contribution in [2.24, 2.45) is 0 Å². The van der Waals surface area contributed by atoms with Crippen molar-refractivity contribution in [1.82, 2.24) is 0 Å². The zero-order valence-electron chi connectivity index (χ0n) is 21.6. The van der Waals surface area contributed by atoms with Crippen molar-refractivity contribution in [2.75, 3.05) is 0 Å². The predicted octanol–water partition coefficient (Wildman–Crippen LogP) is 9.81. The van der Waals surface area contributed by atoms with Crippen LogP contribution < -0.4 is 0 Å². The molecule has 0 aliphatic carbocycles. The van der Waals surface area contributed by atoms with Crippen LogP contribution in [0.15, 0.2) is 74.9 Å². The second kappa shape index (κ2) is 9.24. The normalized spacial score (nSPS) is 16.3. The van der Waals surface area contributed by atoms with E-state index in [1.165, 1.54) is 34.0 Å². The van der Waals surface area contributed by atoms with Crippen LogP contribution in [0, 0.1) is 27.7 Å². The number of furan rings is 1. The summed E-state index contributed by atoms with van der Waals surface area (Å²) in [7, 11) is 0. The predicted molar refractivity (Wildman–Crippen MR) is 165 cm³/mol. The molecule has 0 atom stereocenters. The summed E-state index contributed by atoms with van der Waals surface area (Å²) in [5.74, 6) is 1.86. The minimum atomic E-state index is -0.0653. The molecular formula is C32H22O3S4. The first-order valence-corrected chi connectivity index (χ1v) is 15.8. The number of carbonyl (C=O) groups is 2. The molecule has 192 valence electrons. The van der Waals surface area contributed by atoms with Gasteiger partial charge in [0.15, 0.2) is 0 Å². The summed E-state index contributed by atoms with van der Waals surface area (Å²) in [5, 5.41) is -0.120. The molecule has 0 radical (unpaired) electrons. The Morgan fingerprint density at radius 1 is 0.590 bits per heavy atom. The molecule has 0 fully saturated rings. The van der Waals surface area contributed by atoms with Gasteiger partial charge in [0.2, 0.25) is 10.2 Å². The lowest BCUT2D eigenvalue weighted by Gasteiger charge is -2.06. The van der Waals surface area contributed by atoms with Crippen molar-refractivity contribution < 1.29 is 14.0 Å². The van der Waals surface area contributed by atoms with Gasteiger partial charge in [-0.1, -0.05) is 24.3 Å². The molecule has 0 saturated heterocycles.